The Morgan fingerprint density at radius 3 is 2.26 bits per heavy atom. The van der Waals surface area contributed by atoms with Gasteiger partial charge in [0, 0.05) is 31.3 Å². The number of carboxylic acid groups (broad SMARTS) is 1. The Kier molecular flexibility index (Phi) is 8.46. The highest BCUT2D eigenvalue weighted by Gasteiger charge is 2.36. The third-order valence-electron chi connectivity index (χ3n) is 6.51. The van der Waals surface area contributed by atoms with E-state index in [4.69, 9.17) is 5.73 Å². The maximum Gasteiger partial charge on any atom is 0.417 e. The summed E-state index contributed by atoms with van der Waals surface area (Å²) in [5.74, 6) is -1.85. The zero-order valence-electron chi connectivity index (χ0n) is 21.5. The van der Waals surface area contributed by atoms with Gasteiger partial charge in [-0.1, -0.05) is 56.3 Å². The lowest BCUT2D eigenvalue weighted by Crippen LogP contribution is -2.43. The summed E-state index contributed by atoms with van der Waals surface area (Å²) in [6.07, 6.45) is -4.86. The van der Waals surface area contributed by atoms with Gasteiger partial charge in [0.25, 0.3) is 11.5 Å². The van der Waals surface area contributed by atoms with Gasteiger partial charge in [-0.05, 0) is 41.2 Å². The minimum atomic E-state index is -4.74. The van der Waals surface area contributed by atoms with Gasteiger partial charge in [-0.3, -0.25) is 9.59 Å². The van der Waals surface area contributed by atoms with Gasteiger partial charge in [0.05, 0.1) is 11.1 Å². The number of carbonyl (C=O) groups excluding carboxylic acids is 1. The highest BCUT2D eigenvalue weighted by Crippen LogP contribution is 2.36. The lowest BCUT2D eigenvalue weighted by molar-refractivity contribution is -0.139. The predicted molar refractivity (Wildman–Crippen MR) is 138 cm³/mol. The Labute approximate surface area is 218 Å². The van der Waals surface area contributed by atoms with Crippen LogP contribution < -0.4 is 16.6 Å². The number of nitrogens with two attached hydrogens (primary N) is 1. The first-order chi connectivity index (χ1) is 17.8. The molecule has 10 heteroatoms. The molecule has 0 aliphatic heterocycles. The number of pyridine rings is 1. The number of halogens is 3. The van der Waals surface area contributed by atoms with Crippen molar-refractivity contribution in [3.63, 3.8) is 0 Å². The van der Waals surface area contributed by atoms with E-state index in [0.29, 0.717) is 16.7 Å². The fourth-order valence-corrected chi connectivity index (χ4v) is 4.35. The fraction of sp³-hybridized carbons (Fsp3) is 0.321. The second kappa shape index (κ2) is 11.2. The van der Waals surface area contributed by atoms with Gasteiger partial charge in [-0.25, -0.2) is 4.79 Å². The topological polar surface area (TPSA) is 114 Å². The number of aryl methyl sites for hydroxylation is 1. The molecule has 0 unspecified atom stereocenters. The molecule has 0 aliphatic carbocycles. The molecule has 38 heavy (non-hydrogen) atoms. The smallest absolute Gasteiger partial charge is 0.417 e. The molecule has 3 rings (SSSR count). The lowest BCUT2D eigenvalue weighted by atomic mass is 9.92. The van der Waals surface area contributed by atoms with Crippen LogP contribution in [0.15, 0.2) is 53.3 Å². The van der Waals surface area contributed by atoms with Crippen LogP contribution in [0.1, 0.15) is 58.1 Å². The molecule has 0 saturated heterocycles. The molecule has 4 N–H and O–H groups in total. The number of aliphatic carboxylic acids is 1. The summed E-state index contributed by atoms with van der Waals surface area (Å²) in [5.41, 5.74) is 5.82. The van der Waals surface area contributed by atoms with E-state index >= 15 is 0 Å². The summed E-state index contributed by atoms with van der Waals surface area (Å²) in [6, 6.07) is 10.5. The summed E-state index contributed by atoms with van der Waals surface area (Å²) >= 11 is 0. The molecule has 0 fully saturated rings. The van der Waals surface area contributed by atoms with Crippen molar-refractivity contribution in [2.75, 3.05) is 0 Å². The molecule has 1 atom stereocenters. The van der Waals surface area contributed by atoms with Crippen LogP contribution in [0, 0.1) is 6.92 Å². The van der Waals surface area contributed by atoms with E-state index in [1.54, 1.807) is 18.2 Å². The third-order valence-corrected chi connectivity index (χ3v) is 6.51. The zero-order chi connectivity index (χ0) is 28.4. The third kappa shape index (κ3) is 5.96. The highest BCUT2D eigenvalue weighted by molar-refractivity contribution is 5.99. The molecule has 1 aromatic heterocycles. The van der Waals surface area contributed by atoms with Gasteiger partial charge < -0.3 is 20.7 Å². The summed E-state index contributed by atoms with van der Waals surface area (Å²) in [4.78, 5) is 37.9. The van der Waals surface area contributed by atoms with E-state index in [0.717, 1.165) is 16.2 Å². The largest absolute Gasteiger partial charge is 0.480 e. The van der Waals surface area contributed by atoms with Crippen molar-refractivity contribution in [1.29, 1.82) is 0 Å². The Hall–Kier alpha value is -3.92. The second-order valence-electron chi connectivity index (χ2n) is 9.44. The standard InChI is InChI=1S/C28H30F3N3O4/c1-15(2)20-7-5-6-19(14-32)23(20)25(35)33-22(27(37)38)13-17-8-10-18(11-9-17)24-21(28(29,30)31)12-16(3)34(4)26(24)36/h5-12,15,22H,13-14,32H2,1-4H3,(H,33,35)(H,37,38)/t22-/m0/s1. The summed E-state index contributed by atoms with van der Waals surface area (Å²) in [5, 5.41) is 12.3. The summed E-state index contributed by atoms with van der Waals surface area (Å²) in [7, 11) is 1.39. The van der Waals surface area contributed by atoms with E-state index < -0.39 is 40.8 Å². The van der Waals surface area contributed by atoms with Crippen molar-refractivity contribution in [3.8, 4) is 11.1 Å². The molecule has 1 heterocycles. The maximum absolute atomic E-state index is 13.7. The molecule has 0 spiro atoms. The molecule has 202 valence electrons. The maximum atomic E-state index is 13.7. The molecule has 3 aromatic rings. The number of benzene rings is 2. The minimum Gasteiger partial charge on any atom is -0.480 e. The number of amides is 1. The number of carbonyl (C=O) groups is 2. The normalized spacial score (nSPS) is 12.4. The van der Waals surface area contributed by atoms with Crippen LogP contribution in [0.25, 0.3) is 11.1 Å². The second-order valence-corrected chi connectivity index (χ2v) is 9.44. The molecule has 1 amide bonds. The van der Waals surface area contributed by atoms with Gasteiger partial charge >= 0.3 is 12.1 Å². The highest BCUT2D eigenvalue weighted by atomic mass is 19.4. The van der Waals surface area contributed by atoms with Crippen LogP contribution in [0.5, 0.6) is 0 Å². The number of nitrogens with one attached hydrogen (secondary N) is 1. The van der Waals surface area contributed by atoms with E-state index in [9.17, 15) is 32.7 Å². The van der Waals surface area contributed by atoms with Crippen molar-refractivity contribution < 1.29 is 27.9 Å². The Balaban J connectivity index is 1.92. The van der Waals surface area contributed by atoms with Crippen molar-refractivity contribution in [3.05, 3.63) is 92.4 Å². The molecule has 2 aromatic carbocycles. The van der Waals surface area contributed by atoms with Crippen molar-refractivity contribution in [2.45, 2.75) is 51.9 Å². The number of nitrogens with zero attached hydrogens (tertiary/aromatic N) is 1. The Bertz CT molecular complexity index is 1410. The van der Waals surface area contributed by atoms with Crippen LogP contribution in [0.2, 0.25) is 0 Å². The van der Waals surface area contributed by atoms with Crippen molar-refractivity contribution >= 4 is 11.9 Å². The number of carboxylic acids is 1. The van der Waals surface area contributed by atoms with Gasteiger partial charge in [0.1, 0.15) is 6.04 Å². The predicted octanol–water partition coefficient (Wildman–Crippen LogP) is 4.39. The molecule has 0 aliphatic rings. The van der Waals surface area contributed by atoms with E-state index in [1.165, 1.54) is 38.2 Å². The lowest BCUT2D eigenvalue weighted by Gasteiger charge is -2.20. The van der Waals surface area contributed by atoms with E-state index in [1.807, 2.05) is 13.8 Å². The molecule has 0 radical (unpaired) electrons. The first-order valence-corrected chi connectivity index (χ1v) is 12.0. The Morgan fingerprint density at radius 1 is 1.11 bits per heavy atom. The number of hydrogen-bond acceptors (Lipinski definition) is 4. The minimum absolute atomic E-state index is 0.00542. The number of alkyl halides is 3. The van der Waals surface area contributed by atoms with Crippen LogP contribution in [-0.4, -0.2) is 27.6 Å². The molecule has 7 nitrogen and oxygen atoms in total. The van der Waals surface area contributed by atoms with Gasteiger partial charge in [0.2, 0.25) is 0 Å². The van der Waals surface area contributed by atoms with Gasteiger partial charge in [-0.15, -0.1) is 0 Å². The number of rotatable bonds is 8. The van der Waals surface area contributed by atoms with E-state index in [-0.39, 0.29) is 30.1 Å². The average molecular weight is 530 g/mol. The average Bonchev–Trinajstić information content (AvgIpc) is 2.86. The van der Waals surface area contributed by atoms with E-state index in [2.05, 4.69) is 5.32 Å². The van der Waals surface area contributed by atoms with Crippen LogP contribution >= 0.6 is 0 Å². The monoisotopic (exact) mass is 529 g/mol. The van der Waals surface area contributed by atoms with Gasteiger partial charge in [0.15, 0.2) is 0 Å². The van der Waals surface area contributed by atoms with Crippen LogP contribution in [0.4, 0.5) is 13.2 Å². The number of hydrogen-bond donors (Lipinski definition) is 3. The quantitative estimate of drug-likeness (QED) is 0.401. The van der Waals surface area contributed by atoms with Gasteiger partial charge in [-0.2, -0.15) is 13.2 Å². The Morgan fingerprint density at radius 2 is 1.74 bits per heavy atom. The molecular weight excluding hydrogens is 499 g/mol. The fourth-order valence-electron chi connectivity index (χ4n) is 4.35. The van der Waals surface area contributed by atoms with Crippen LogP contribution in [-0.2, 0) is 31.0 Å². The zero-order valence-corrected chi connectivity index (χ0v) is 21.5. The van der Waals surface area contributed by atoms with Crippen molar-refractivity contribution in [2.24, 2.45) is 12.8 Å². The first-order valence-electron chi connectivity index (χ1n) is 12.0. The molecule has 0 saturated carbocycles. The summed E-state index contributed by atoms with van der Waals surface area (Å²) < 4.78 is 42.2. The molecular formula is C28H30F3N3O4. The van der Waals surface area contributed by atoms with Crippen LogP contribution in [0.3, 0.4) is 0 Å². The number of aromatic nitrogens is 1. The molecule has 0 bridgehead atoms. The first kappa shape index (κ1) is 28.6. The SMILES string of the molecule is Cc1cc(C(F)(F)F)c(-c2ccc(C[C@H](NC(=O)c3c(CN)cccc3C(C)C)C(=O)O)cc2)c(=O)n1C. The van der Waals surface area contributed by atoms with Crippen molar-refractivity contribution in [1.82, 2.24) is 9.88 Å². The summed E-state index contributed by atoms with van der Waals surface area (Å²) in [6.45, 7) is 5.34.